The molecule has 0 saturated carbocycles. The van der Waals surface area contributed by atoms with Gasteiger partial charge in [-0.3, -0.25) is 9.36 Å². The molecule has 0 bridgehead atoms. The number of benzene rings is 3. The first-order valence-electron chi connectivity index (χ1n) is 8.22. The second-order valence-corrected chi connectivity index (χ2v) is 6.72. The highest BCUT2D eigenvalue weighted by Crippen LogP contribution is 2.21. The maximum Gasteiger partial charge on any atom is 0.255 e. The summed E-state index contributed by atoms with van der Waals surface area (Å²) in [7, 11) is 0. The third-order valence-corrected chi connectivity index (χ3v) is 4.91. The van der Waals surface area contributed by atoms with E-state index in [1.54, 1.807) is 18.1 Å². The van der Waals surface area contributed by atoms with Gasteiger partial charge in [-0.25, -0.2) is 4.98 Å². The van der Waals surface area contributed by atoms with Crippen LogP contribution in [0.15, 0.2) is 84.0 Å². The van der Waals surface area contributed by atoms with E-state index in [1.807, 2.05) is 83.6 Å². The topological polar surface area (TPSA) is 46.9 Å². The zero-order chi connectivity index (χ0) is 17.9. The summed E-state index contributed by atoms with van der Waals surface area (Å²) in [5, 5.41) is 2.95. The number of anilines is 1. The highest BCUT2D eigenvalue weighted by Gasteiger charge is 2.08. The summed E-state index contributed by atoms with van der Waals surface area (Å²) in [6.45, 7) is 0. The molecule has 0 unspecified atom stereocenters. The van der Waals surface area contributed by atoms with Crippen LogP contribution in [0.25, 0.3) is 16.7 Å². The van der Waals surface area contributed by atoms with Crippen molar-refractivity contribution < 1.29 is 4.79 Å². The summed E-state index contributed by atoms with van der Waals surface area (Å²) in [4.78, 5) is 18.0. The largest absolute Gasteiger partial charge is 0.322 e. The van der Waals surface area contributed by atoms with Gasteiger partial charge in [0.25, 0.3) is 5.91 Å². The summed E-state index contributed by atoms with van der Waals surface area (Å²) in [6.07, 6.45) is 3.81. The fourth-order valence-electron chi connectivity index (χ4n) is 2.84. The fraction of sp³-hybridized carbons (Fsp3) is 0.0476. The molecule has 5 heteroatoms. The Morgan fingerprint density at radius 1 is 1.00 bits per heavy atom. The number of fused-ring (bicyclic) bond motifs is 1. The summed E-state index contributed by atoms with van der Waals surface area (Å²) < 4.78 is 2.01. The molecule has 0 aliphatic carbocycles. The number of imidazole rings is 1. The minimum atomic E-state index is -0.120. The van der Waals surface area contributed by atoms with Crippen LogP contribution in [0.2, 0.25) is 0 Å². The summed E-state index contributed by atoms with van der Waals surface area (Å²) in [5.74, 6) is -0.120. The highest BCUT2D eigenvalue weighted by molar-refractivity contribution is 7.98. The van der Waals surface area contributed by atoms with Crippen molar-refractivity contribution in [2.45, 2.75) is 4.90 Å². The number of carbonyl (C=O) groups is 1. The Hall–Kier alpha value is -3.05. The van der Waals surface area contributed by atoms with Crippen LogP contribution in [0.3, 0.4) is 0 Å². The van der Waals surface area contributed by atoms with E-state index < -0.39 is 0 Å². The van der Waals surface area contributed by atoms with Crippen LogP contribution in [-0.4, -0.2) is 21.7 Å². The first-order chi connectivity index (χ1) is 12.7. The standard InChI is InChI=1S/C21H17N3OS/c1-26-18-6-4-5-16(13-18)23-21(25)15-9-11-17(12-10-15)24-14-22-19-7-2-3-8-20(19)24/h2-14H,1H3,(H,23,25). The molecule has 3 aromatic carbocycles. The van der Waals surface area contributed by atoms with Crippen molar-refractivity contribution in [1.82, 2.24) is 9.55 Å². The zero-order valence-electron chi connectivity index (χ0n) is 14.2. The number of para-hydroxylation sites is 2. The predicted molar refractivity (Wildman–Crippen MR) is 107 cm³/mol. The lowest BCUT2D eigenvalue weighted by Gasteiger charge is -2.08. The number of hydrogen-bond donors (Lipinski definition) is 1. The molecule has 1 aromatic heterocycles. The van der Waals surface area contributed by atoms with Gasteiger partial charge in [-0.15, -0.1) is 11.8 Å². The molecule has 0 spiro atoms. The lowest BCUT2D eigenvalue weighted by molar-refractivity contribution is 0.102. The molecule has 4 nitrogen and oxygen atoms in total. The van der Waals surface area contributed by atoms with Gasteiger partial charge in [-0.1, -0.05) is 18.2 Å². The Morgan fingerprint density at radius 3 is 2.62 bits per heavy atom. The van der Waals surface area contributed by atoms with Crippen LogP contribution in [-0.2, 0) is 0 Å². The van der Waals surface area contributed by atoms with Gasteiger partial charge in [0.15, 0.2) is 0 Å². The van der Waals surface area contributed by atoms with E-state index in [1.165, 1.54) is 0 Å². The van der Waals surface area contributed by atoms with Gasteiger partial charge >= 0.3 is 0 Å². The number of nitrogens with one attached hydrogen (secondary N) is 1. The number of hydrogen-bond acceptors (Lipinski definition) is 3. The Bertz CT molecular complexity index is 1070. The molecule has 128 valence electrons. The summed E-state index contributed by atoms with van der Waals surface area (Å²) >= 11 is 1.65. The van der Waals surface area contributed by atoms with Crippen LogP contribution >= 0.6 is 11.8 Å². The second kappa shape index (κ2) is 7.06. The number of amides is 1. The van der Waals surface area contributed by atoms with E-state index in [4.69, 9.17) is 0 Å². The lowest BCUT2D eigenvalue weighted by atomic mass is 10.2. The number of nitrogens with zero attached hydrogens (tertiary/aromatic N) is 2. The normalized spacial score (nSPS) is 10.8. The van der Waals surface area contributed by atoms with E-state index in [2.05, 4.69) is 10.3 Å². The van der Waals surface area contributed by atoms with Crippen LogP contribution in [0, 0.1) is 0 Å². The maximum absolute atomic E-state index is 12.5. The van der Waals surface area contributed by atoms with Gasteiger partial charge in [0.1, 0.15) is 6.33 Å². The molecule has 1 N–H and O–H groups in total. The SMILES string of the molecule is CSc1cccc(NC(=O)c2ccc(-n3cnc4ccccc43)cc2)c1. The average Bonchev–Trinajstić information content (AvgIpc) is 3.12. The molecular weight excluding hydrogens is 342 g/mol. The van der Waals surface area contributed by atoms with E-state index in [0.29, 0.717) is 5.56 Å². The molecule has 26 heavy (non-hydrogen) atoms. The molecule has 4 rings (SSSR count). The fourth-order valence-corrected chi connectivity index (χ4v) is 3.30. The Balaban J connectivity index is 1.56. The van der Waals surface area contributed by atoms with Gasteiger partial charge in [-0.05, 0) is 60.9 Å². The minimum Gasteiger partial charge on any atom is -0.322 e. The summed E-state index contributed by atoms with van der Waals surface area (Å²) in [5.41, 5.74) is 4.38. The minimum absolute atomic E-state index is 0.120. The average molecular weight is 359 g/mol. The van der Waals surface area contributed by atoms with E-state index >= 15 is 0 Å². The third kappa shape index (κ3) is 3.21. The van der Waals surface area contributed by atoms with Crippen molar-refractivity contribution in [2.24, 2.45) is 0 Å². The van der Waals surface area contributed by atoms with Crippen LogP contribution in [0.4, 0.5) is 5.69 Å². The molecule has 0 saturated heterocycles. The molecule has 0 radical (unpaired) electrons. The molecule has 0 atom stereocenters. The van der Waals surface area contributed by atoms with Crippen LogP contribution in [0.5, 0.6) is 0 Å². The van der Waals surface area contributed by atoms with Gasteiger partial charge in [-0.2, -0.15) is 0 Å². The molecule has 1 amide bonds. The van der Waals surface area contributed by atoms with Crippen molar-refractivity contribution >= 4 is 34.4 Å². The highest BCUT2D eigenvalue weighted by atomic mass is 32.2. The smallest absolute Gasteiger partial charge is 0.255 e. The zero-order valence-corrected chi connectivity index (χ0v) is 15.0. The summed E-state index contributed by atoms with van der Waals surface area (Å²) in [6, 6.07) is 23.3. The number of rotatable bonds is 4. The molecule has 4 aromatic rings. The second-order valence-electron chi connectivity index (χ2n) is 5.84. The van der Waals surface area contributed by atoms with E-state index in [-0.39, 0.29) is 5.91 Å². The molecule has 1 heterocycles. The van der Waals surface area contributed by atoms with Crippen LogP contribution in [0.1, 0.15) is 10.4 Å². The first kappa shape index (κ1) is 16.4. The Morgan fingerprint density at radius 2 is 1.81 bits per heavy atom. The third-order valence-electron chi connectivity index (χ3n) is 4.19. The van der Waals surface area contributed by atoms with Gasteiger partial charge < -0.3 is 5.32 Å². The molecule has 0 aliphatic rings. The first-order valence-corrected chi connectivity index (χ1v) is 9.45. The lowest BCUT2D eigenvalue weighted by Crippen LogP contribution is -2.11. The number of carbonyl (C=O) groups excluding carboxylic acids is 1. The Labute approximate surface area is 155 Å². The van der Waals surface area contributed by atoms with Crippen molar-refractivity contribution in [2.75, 3.05) is 11.6 Å². The van der Waals surface area contributed by atoms with Crippen molar-refractivity contribution in [3.63, 3.8) is 0 Å². The monoisotopic (exact) mass is 359 g/mol. The molecule has 0 aliphatic heterocycles. The van der Waals surface area contributed by atoms with Gasteiger partial charge in [0.05, 0.1) is 11.0 Å². The van der Waals surface area contributed by atoms with Crippen molar-refractivity contribution in [3.05, 3.63) is 84.7 Å². The van der Waals surface area contributed by atoms with Crippen LogP contribution < -0.4 is 5.32 Å². The molecular formula is C21H17N3OS. The van der Waals surface area contributed by atoms with Crippen molar-refractivity contribution in [3.8, 4) is 5.69 Å². The maximum atomic E-state index is 12.5. The predicted octanol–water partition coefficient (Wildman–Crippen LogP) is 5.00. The number of aromatic nitrogens is 2. The van der Waals surface area contributed by atoms with E-state index in [0.717, 1.165) is 27.3 Å². The number of thioether (sulfide) groups is 1. The molecule has 0 fully saturated rings. The Kier molecular flexibility index (Phi) is 4.46. The van der Waals surface area contributed by atoms with Gasteiger partial charge in [0, 0.05) is 21.8 Å². The quantitative estimate of drug-likeness (QED) is 0.522. The van der Waals surface area contributed by atoms with E-state index in [9.17, 15) is 4.79 Å². The van der Waals surface area contributed by atoms with Crippen molar-refractivity contribution in [1.29, 1.82) is 0 Å². The van der Waals surface area contributed by atoms with Gasteiger partial charge in [0.2, 0.25) is 0 Å².